The van der Waals surface area contributed by atoms with E-state index in [0.29, 0.717) is 17.8 Å². The van der Waals surface area contributed by atoms with Crippen molar-refractivity contribution >= 4 is 33.6 Å². The number of halogens is 1. The van der Waals surface area contributed by atoms with Crippen molar-refractivity contribution in [2.45, 2.75) is 13.5 Å². The molecule has 0 spiro atoms. The first-order chi connectivity index (χ1) is 10.5. The summed E-state index contributed by atoms with van der Waals surface area (Å²) in [6.07, 6.45) is 0. The topological polar surface area (TPSA) is 84.2 Å². The number of aryl methyl sites for hydroxylation is 1. The lowest BCUT2D eigenvalue weighted by Gasteiger charge is -2.09. The molecule has 0 heterocycles. The number of benzene rings is 2. The molecular formula is C16H16BrN3O2. The summed E-state index contributed by atoms with van der Waals surface area (Å²) in [5.74, 6) is -0.140. The number of carbonyl (C=O) groups is 2. The van der Waals surface area contributed by atoms with Crippen LogP contribution < -0.4 is 16.4 Å². The summed E-state index contributed by atoms with van der Waals surface area (Å²) in [6.45, 7) is 2.25. The number of hydrogen-bond acceptors (Lipinski definition) is 2. The number of urea groups is 1. The van der Waals surface area contributed by atoms with E-state index in [4.69, 9.17) is 5.73 Å². The van der Waals surface area contributed by atoms with E-state index in [1.54, 1.807) is 24.3 Å². The molecule has 0 unspecified atom stereocenters. The van der Waals surface area contributed by atoms with Crippen molar-refractivity contribution in [3.05, 3.63) is 63.6 Å². The van der Waals surface area contributed by atoms with E-state index in [1.807, 2.05) is 25.1 Å². The van der Waals surface area contributed by atoms with E-state index >= 15 is 0 Å². The Morgan fingerprint density at radius 3 is 2.64 bits per heavy atom. The van der Waals surface area contributed by atoms with Crippen molar-refractivity contribution in [3.8, 4) is 0 Å². The van der Waals surface area contributed by atoms with Gasteiger partial charge in [0, 0.05) is 22.3 Å². The number of anilines is 1. The van der Waals surface area contributed by atoms with Crippen LogP contribution in [0.2, 0.25) is 0 Å². The number of nitrogens with two attached hydrogens (primary N) is 1. The first kappa shape index (κ1) is 16.0. The molecule has 0 atom stereocenters. The van der Waals surface area contributed by atoms with Crippen molar-refractivity contribution < 1.29 is 9.59 Å². The largest absolute Gasteiger partial charge is 0.351 e. The Kier molecular flexibility index (Phi) is 5.16. The first-order valence-electron chi connectivity index (χ1n) is 6.65. The van der Waals surface area contributed by atoms with E-state index in [9.17, 15) is 9.59 Å². The van der Waals surface area contributed by atoms with Crippen molar-refractivity contribution in [1.82, 2.24) is 5.32 Å². The predicted octanol–water partition coefficient (Wildman–Crippen LogP) is 3.18. The molecule has 5 nitrogen and oxygen atoms in total. The number of rotatable bonds is 4. The normalized spacial score (nSPS) is 10.1. The third-order valence-electron chi connectivity index (χ3n) is 3.08. The summed E-state index contributed by atoms with van der Waals surface area (Å²) in [5, 5.41) is 5.36. The lowest BCUT2D eigenvalue weighted by atomic mass is 10.1. The van der Waals surface area contributed by atoms with E-state index in [1.165, 1.54) is 0 Å². The maximum atomic E-state index is 12.2. The lowest BCUT2D eigenvalue weighted by molar-refractivity contribution is 0.0950. The van der Waals surface area contributed by atoms with Crippen LogP contribution in [0.15, 0.2) is 46.9 Å². The van der Waals surface area contributed by atoms with Crippen molar-refractivity contribution in [1.29, 1.82) is 0 Å². The second-order valence-electron chi connectivity index (χ2n) is 4.83. The van der Waals surface area contributed by atoms with Crippen molar-refractivity contribution in [2.75, 3.05) is 5.32 Å². The van der Waals surface area contributed by atoms with Crippen LogP contribution in [0.4, 0.5) is 10.5 Å². The highest BCUT2D eigenvalue weighted by atomic mass is 79.9. The van der Waals surface area contributed by atoms with Gasteiger partial charge in [0.25, 0.3) is 5.91 Å². The molecule has 0 saturated carbocycles. The van der Waals surface area contributed by atoms with Gasteiger partial charge in [-0.3, -0.25) is 4.79 Å². The van der Waals surface area contributed by atoms with Gasteiger partial charge in [-0.1, -0.05) is 28.1 Å². The number of amides is 3. The highest BCUT2D eigenvalue weighted by Gasteiger charge is 2.09. The van der Waals surface area contributed by atoms with Gasteiger partial charge in [0.2, 0.25) is 0 Å². The summed E-state index contributed by atoms with van der Waals surface area (Å²) >= 11 is 3.37. The molecule has 0 aliphatic heterocycles. The summed E-state index contributed by atoms with van der Waals surface area (Å²) < 4.78 is 0.937. The zero-order chi connectivity index (χ0) is 16.1. The summed E-state index contributed by atoms with van der Waals surface area (Å²) in [6, 6.07) is 12.0. The van der Waals surface area contributed by atoms with Gasteiger partial charge in [-0.2, -0.15) is 0 Å². The van der Waals surface area contributed by atoms with E-state index < -0.39 is 6.03 Å². The Balaban J connectivity index is 2.03. The third-order valence-corrected chi connectivity index (χ3v) is 3.57. The Hall–Kier alpha value is -2.34. The maximum absolute atomic E-state index is 12.2. The molecule has 22 heavy (non-hydrogen) atoms. The van der Waals surface area contributed by atoms with Crippen LogP contribution in [-0.2, 0) is 6.54 Å². The van der Waals surface area contributed by atoms with Crippen LogP contribution in [0.3, 0.4) is 0 Å². The van der Waals surface area contributed by atoms with Gasteiger partial charge in [0.05, 0.1) is 0 Å². The molecule has 0 aliphatic rings. The fourth-order valence-corrected chi connectivity index (χ4v) is 2.54. The molecule has 4 N–H and O–H groups in total. The number of carbonyl (C=O) groups excluding carboxylic acids is 2. The second kappa shape index (κ2) is 7.09. The van der Waals surface area contributed by atoms with Crippen molar-refractivity contribution in [3.63, 3.8) is 0 Å². The molecule has 114 valence electrons. The lowest BCUT2D eigenvalue weighted by Crippen LogP contribution is -2.24. The average molecular weight is 362 g/mol. The Morgan fingerprint density at radius 2 is 1.95 bits per heavy atom. The van der Waals surface area contributed by atoms with E-state index in [0.717, 1.165) is 15.6 Å². The predicted molar refractivity (Wildman–Crippen MR) is 89.7 cm³/mol. The zero-order valence-corrected chi connectivity index (χ0v) is 13.6. The van der Waals surface area contributed by atoms with Gasteiger partial charge in [-0.25, -0.2) is 4.79 Å². The molecule has 2 aromatic rings. The van der Waals surface area contributed by atoms with Crippen LogP contribution in [0.5, 0.6) is 0 Å². The van der Waals surface area contributed by atoms with Crippen LogP contribution in [0.1, 0.15) is 21.5 Å². The SMILES string of the molecule is Cc1cc(Br)ccc1C(=O)NCc1cccc(NC(N)=O)c1. The van der Waals surface area contributed by atoms with Gasteiger partial charge in [0.15, 0.2) is 0 Å². The van der Waals surface area contributed by atoms with Gasteiger partial charge < -0.3 is 16.4 Å². The Morgan fingerprint density at radius 1 is 1.18 bits per heavy atom. The molecule has 2 aromatic carbocycles. The van der Waals surface area contributed by atoms with Crippen LogP contribution in [0.25, 0.3) is 0 Å². The fourth-order valence-electron chi connectivity index (χ4n) is 2.06. The fraction of sp³-hybridized carbons (Fsp3) is 0.125. The Bertz CT molecular complexity index is 716. The molecule has 0 saturated heterocycles. The summed E-state index contributed by atoms with van der Waals surface area (Å²) in [4.78, 5) is 23.0. The van der Waals surface area contributed by atoms with E-state index in [2.05, 4.69) is 26.6 Å². The minimum atomic E-state index is -0.619. The minimum Gasteiger partial charge on any atom is -0.351 e. The van der Waals surface area contributed by atoms with Crippen molar-refractivity contribution in [2.24, 2.45) is 5.73 Å². The molecule has 0 aromatic heterocycles. The molecule has 0 fully saturated rings. The molecule has 0 radical (unpaired) electrons. The third kappa shape index (κ3) is 4.33. The van der Waals surface area contributed by atoms with Gasteiger partial charge in [-0.05, 0) is 48.4 Å². The van der Waals surface area contributed by atoms with Crippen LogP contribution >= 0.6 is 15.9 Å². The highest BCUT2D eigenvalue weighted by molar-refractivity contribution is 9.10. The first-order valence-corrected chi connectivity index (χ1v) is 7.45. The minimum absolute atomic E-state index is 0.140. The summed E-state index contributed by atoms with van der Waals surface area (Å²) in [7, 11) is 0. The zero-order valence-electron chi connectivity index (χ0n) is 12.0. The molecule has 6 heteroatoms. The quantitative estimate of drug-likeness (QED) is 0.781. The number of hydrogen-bond donors (Lipinski definition) is 3. The Labute approximate surface area is 137 Å². The number of nitrogens with one attached hydrogen (secondary N) is 2. The smallest absolute Gasteiger partial charge is 0.316 e. The molecular weight excluding hydrogens is 346 g/mol. The second-order valence-corrected chi connectivity index (χ2v) is 5.75. The van der Waals surface area contributed by atoms with Gasteiger partial charge in [0.1, 0.15) is 0 Å². The molecule has 0 bridgehead atoms. The standard InChI is InChI=1S/C16H16BrN3O2/c1-10-7-12(17)5-6-14(10)15(21)19-9-11-3-2-4-13(8-11)20-16(18)22/h2-8H,9H2,1H3,(H,19,21)(H3,18,20,22). The maximum Gasteiger partial charge on any atom is 0.316 e. The van der Waals surface area contributed by atoms with Crippen LogP contribution in [-0.4, -0.2) is 11.9 Å². The highest BCUT2D eigenvalue weighted by Crippen LogP contribution is 2.16. The van der Waals surface area contributed by atoms with E-state index in [-0.39, 0.29) is 5.91 Å². The number of primary amides is 1. The summed E-state index contributed by atoms with van der Waals surface area (Å²) in [5.41, 5.74) is 8.08. The molecule has 2 rings (SSSR count). The van der Waals surface area contributed by atoms with Crippen LogP contribution in [0, 0.1) is 6.92 Å². The van der Waals surface area contributed by atoms with Gasteiger partial charge in [-0.15, -0.1) is 0 Å². The monoisotopic (exact) mass is 361 g/mol. The molecule has 0 aliphatic carbocycles. The molecule has 3 amide bonds. The average Bonchev–Trinajstić information content (AvgIpc) is 2.44. The van der Waals surface area contributed by atoms with Gasteiger partial charge >= 0.3 is 6.03 Å².